The number of rotatable bonds is 4. The quantitative estimate of drug-likeness (QED) is 0.708. The zero-order valence-corrected chi connectivity index (χ0v) is 8.50. The van der Waals surface area contributed by atoms with E-state index in [9.17, 15) is 0 Å². The second kappa shape index (κ2) is 4.55. The SMILES string of the molecule is C=CCCc1nccn1-c1ccncc1. The van der Waals surface area contributed by atoms with E-state index in [2.05, 4.69) is 21.1 Å². The van der Waals surface area contributed by atoms with Gasteiger partial charge in [0.25, 0.3) is 0 Å². The molecule has 0 bridgehead atoms. The highest BCUT2D eigenvalue weighted by Crippen LogP contribution is 2.10. The zero-order chi connectivity index (χ0) is 10.5. The van der Waals surface area contributed by atoms with Crippen molar-refractivity contribution < 1.29 is 0 Å². The Morgan fingerprint density at radius 2 is 2.07 bits per heavy atom. The summed E-state index contributed by atoms with van der Waals surface area (Å²) in [5.74, 6) is 1.06. The fourth-order valence-electron chi connectivity index (χ4n) is 1.49. The molecule has 2 heterocycles. The van der Waals surface area contributed by atoms with Crippen LogP contribution in [-0.2, 0) is 6.42 Å². The van der Waals surface area contributed by atoms with E-state index in [0.717, 1.165) is 24.4 Å². The van der Waals surface area contributed by atoms with E-state index in [-0.39, 0.29) is 0 Å². The maximum Gasteiger partial charge on any atom is 0.113 e. The van der Waals surface area contributed by atoms with Crippen molar-refractivity contribution >= 4 is 0 Å². The summed E-state index contributed by atoms with van der Waals surface area (Å²) in [6.45, 7) is 3.72. The Morgan fingerprint density at radius 3 is 2.80 bits per heavy atom. The fraction of sp³-hybridized carbons (Fsp3) is 0.167. The third-order valence-electron chi connectivity index (χ3n) is 2.23. The van der Waals surface area contributed by atoms with E-state index in [4.69, 9.17) is 0 Å². The molecule has 3 nitrogen and oxygen atoms in total. The zero-order valence-electron chi connectivity index (χ0n) is 8.50. The van der Waals surface area contributed by atoms with Crippen LogP contribution in [0.2, 0.25) is 0 Å². The second-order valence-corrected chi connectivity index (χ2v) is 3.25. The van der Waals surface area contributed by atoms with Crippen LogP contribution in [0.1, 0.15) is 12.2 Å². The first-order chi connectivity index (χ1) is 7.42. The Morgan fingerprint density at radius 1 is 1.27 bits per heavy atom. The summed E-state index contributed by atoms with van der Waals surface area (Å²) < 4.78 is 2.07. The molecule has 0 aliphatic rings. The van der Waals surface area contributed by atoms with Crippen molar-refractivity contribution in [2.75, 3.05) is 0 Å². The number of imidazole rings is 1. The van der Waals surface area contributed by atoms with Crippen LogP contribution in [0.15, 0.2) is 49.6 Å². The summed E-state index contributed by atoms with van der Waals surface area (Å²) in [6.07, 6.45) is 11.1. The minimum Gasteiger partial charge on any atom is -0.304 e. The first kappa shape index (κ1) is 9.65. The van der Waals surface area contributed by atoms with Gasteiger partial charge in [0.15, 0.2) is 0 Å². The van der Waals surface area contributed by atoms with Crippen LogP contribution in [-0.4, -0.2) is 14.5 Å². The molecule has 76 valence electrons. The van der Waals surface area contributed by atoms with Gasteiger partial charge in [0, 0.05) is 36.9 Å². The van der Waals surface area contributed by atoms with Crippen LogP contribution in [0.3, 0.4) is 0 Å². The van der Waals surface area contributed by atoms with E-state index >= 15 is 0 Å². The van der Waals surface area contributed by atoms with Gasteiger partial charge in [0.2, 0.25) is 0 Å². The van der Waals surface area contributed by atoms with Crippen LogP contribution in [0.4, 0.5) is 0 Å². The van der Waals surface area contributed by atoms with Gasteiger partial charge in [-0.05, 0) is 18.6 Å². The normalized spacial score (nSPS) is 10.1. The Hall–Kier alpha value is -1.90. The Bertz CT molecular complexity index is 431. The minimum absolute atomic E-state index is 0.915. The lowest BCUT2D eigenvalue weighted by molar-refractivity contribution is 0.844. The summed E-state index contributed by atoms with van der Waals surface area (Å²) in [5.41, 5.74) is 1.10. The molecular weight excluding hydrogens is 186 g/mol. The molecule has 0 saturated carbocycles. The molecule has 0 aliphatic carbocycles. The number of hydrogen-bond acceptors (Lipinski definition) is 2. The predicted molar refractivity (Wildman–Crippen MR) is 59.9 cm³/mol. The maximum absolute atomic E-state index is 4.32. The summed E-state index contributed by atoms with van der Waals surface area (Å²) in [4.78, 5) is 8.32. The van der Waals surface area contributed by atoms with Gasteiger partial charge in [0.05, 0.1) is 0 Å². The largest absolute Gasteiger partial charge is 0.304 e. The number of nitrogens with zero attached hydrogens (tertiary/aromatic N) is 3. The molecule has 15 heavy (non-hydrogen) atoms. The van der Waals surface area contributed by atoms with Gasteiger partial charge in [-0.25, -0.2) is 4.98 Å². The monoisotopic (exact) mass is 199 g/mol. The summed E-state index contributed by atoms with van der Waals surface area (Å²) in [7, 11) is 0. The third kappa shape index (κ3) is 2.13. The van der Waals surface area contributed by atoms with Crippen molar-refractivity contribution in [3.05, 3.63) is 55.4 Å². The van der Waals surface area contributed by atoms with Gasteiger partial charge in [-0.2, -0.15) is 0 Å². The smallest absolute Gasteiger partial charge is 0.113 e. The van der Waals surface area contributed by atoms with Crippen molar-refractivity contribution in [1.29, 1.82) is 0 Å². The van der Waals surface area contributed by atoms with Crippen molar-refractivity contribution in [1.82, 2.24) is 14.5 Å². The molecule has 0 fully saturated rings. The van der Waals surface area contributed by atoms with Gasteiger partial charge >= 0.3 is 0 Å². The van der Waals surface area contributed by atoms with E-state index in [1.54, 1.807) is 12.4 Å². The molecule has 0 spiro atoms. The highest BCUT2D eigenvalue weighted by atomic mass is 15.1. The van der Waals surface area contributed by atoms with Crippen molar-refractivity contribution in [3.63, 3.8) is 0 Å². The fourth-order valence-corrected chi connectivity index (χ4v) is 1.49. The Labute approximate surface area is 89.1 Å². The molecular formula is C12H13N3. The maximum atomic E-state index is 4.32. The number of pyridine rings is 1. The summed E-state index contributed by atoms with van der Waals surface area (Å²) in [5, 5.41) is 0. The van der Waals surface area contributed by atoms with Crippen LogP contribution < -0.4 is 0 Å². The van der Waals surface area contributed by atoms with E-state index in [1.807, 2.05) is 30.6 Å². The lowest BCUT2D eigenvalue weighted by Gasteiger charge is -2.05. The summed E-state index contributed by atoms with van der Waals surface area (Å²) in [6, 6.07) is 3.94. The molecule has 0 aromatic carbocycles. The Balaban J connectivity index is 2.29. The second-order valence-electron chi connectivity index (χ2n) is 3.25. The molecule has 0 saturated heterocycles. The van der Waals surface area contributed by atoms with Crippen LogP contribution in [0, 0.1) is 0 Å². The summed E-state index contributed by atoms with van der Waals surface area (Å²) >= 11 is 0. The standard InChI is InChI=1S/C12H13N3/c1-2-3-4-12-14-9-10-15(12)11-5-7-13-8-6-11/h2,5-10H,1,3-4H2. The van der Waals surface area contributed by atoms with Crippen molar-refractivity contribution in [2.45, 2.75) is 12.8 Å². The van der Waals surface area contributed by atoms with E-state index in [1.165, 1.54) is 0 Å². The van der Waals surface area contributed by atoms with Crippen molar-refractivity contribution in [3.8, 4) is 5.69 Å². The van der Waals surface area contributed by atoms with Crippen molar-refractivity contribution in [2.24, 2.45) is 0 Å². The number of aromatic nitrogens is 3. The molecule has 3 heteroatoms. The molecule has 2 aromatic heterocycles. The van der Waals surface area contributed by atoms with E-state index < -0.39 is 0 Å². The van der Waals surface area contributed by atoms with Gasteiger partial charge < -0.3 is 4.57 Å². The lowest BCUT2D eigenvalue weighted by Crippen LogP contribution is -1.99. The van der Waals surface area contributed by atoms with Crippen LogP contribution >= 0.6 is 0 Å². The number of hydrogen-bond donors (Lipinski definition) is 0. The van der Waals surface area contributed by atoms with Gasteiger partial charge in [-0.15, -0.1) is 6.58 Å². The lowest BCUT2D eigenvalue weighted by atomic mass is 10.3. The molecule has 0 amide bonds. The van der Waals surface area contributed by atoms with Gasteiger partial charge in [0.1, 0.15) is 5.82 Å². The van der Waals surface area contributed by atoms with E-state index in [0.29, 0.717) is 0 Å². The molecule has 2 rings (SSSR count). The average Bonchev–Trinajstić information content (AvgIpc) is 2.75. The highest BCUT2D eigenvalue weighted by Gasteiger charge is 2.02. The van der Waals surface area contributed by atoms with Crippen LogP contribution in [0.25, 0.3) is 5.69 Å². The molecule has 0 radical (unpaired) electrons. The minimum atomic E-state index is 0.915. The average molecular weight is 199 g/mol. The first-order valence-corrected chi connectivity index (χ1v) is 4.95. The van der Waals surface area contributed by atoms with Crippen LogP contribution in [0.5, 0.6) is 0 Å². The topological polar surface area (TPSA) is 30.7 Å². The molecule has 0 aliphatic heterocycles. The first-order valence-electron chi connectivity index (χ1n) is 4.95. The Kier molecular flexibility index (Phi) is 2.93. The molecule has 0 unspecified atom stereocenters. The molecule has 2 aromatic rings. The number of allylic oxidation sites excluding steroid dienone is 1. The highest BCUT2D eigenvalue weighted by molar-refractivity contribution is 5.30. The molecule has 0 N–H and O–H groups in total. The predicted octanol–water partition coefficient (Wildman–Crippen LogP) is 2.39. The van der Waals surface area contributed by atoms with Gasteiger partial charge in [-0.3, -0.25) is 4.98 Å². The molecule has 0 atom stereocenters. The van der Waals surface area contributed by atoms with Gasteiger partial charge in [-0.1, -0.05) is 6.08 Å². The third-order valence-corrected chi connectivity index (χ3v) is 2.23. The number of aryl methyl sites for hydroxylation is 1.